The van der Waals surface area contributed by atoms with Crippen molar-refractivity contribution in [3.63, 3.8) is 0 Å². The SMILES string of the molecule is COc1cc(Cl)c(C)cc1NC(=O)Cc1csc(-c2ccc(Cl)cc2)n1. The minimum Gasteiger partial charge on any atom is -0.495 e. The fourth-order valence-corrected chi connectivity index (χ4v) is 3.51. The molecule has 0 aliphatic heterocycles. The number of aromatic nitrogens is 1. The topological polar surface area (TPSA) is 51.2 Å². The lowest BCUT2D eigenvalue weighted by Gasteiger charge is -2.11. The molecule has 0 aliphatic rings. The molecular weight excluding hydrogens is 391 g/mol. The Morgan fingerprint density at radius 1 is 1.23 bits per heavy atom. The maximum Gasteiger partial charge on any atom is 0.230 e. The number of rotatable bonds is 5. The van der Waals surface area contributed by atoms with Gasteiger partial charge in [0.25, 0.3) is 0 Å². The molecule has 3 aromatic rings. The van der Waals surface area contributed by atoms with Crippen molar-refractivity contribution in [2.75, 3.05) is 12.4 Å². The molecule has 134 valence electrons. The Labute approximate surface area is 165 Å². The van der Waals surface area contributed by atoms with Gasteiger partial charge in [0.1, 0.15) is 10.8 Å². The van der Waals surface area contributed by atoms with Crippen LogP contribution >= 0.6 is 34.5 Å². The fourth-order valence-electron chi connectivity index (χ4n) is 2.40. The Hall–Kier alpha value is -2.08. The first kappa shape index (κ1) is 18.7. The number of anilines is 1. The Morgan fingerprint density at radius 2 is 1.96 bits per heavy atom. The number of carbonyl (C=O) groups is 1. The summed E-state index contributed by atoms with van der Waals surface area (Å²) in [4.78, 5) is 16.9. The van der Waals surface area contributed by atoms with Gasteiger partial charge in [-0.15, -0.1) is 11.3 Å². The molecular formula is C19H16Cl2N2O2S. The van der Waals surface area contributed by atoms with Crippen LogP contribution in [0.1, 0.15) is 11.3 Å². The molecule has 0 bridgehead atoms. The number of hydrogen-bond acceptors (Lipinski definition) is 4. The highest BCUT2D eigenvalue weighted by Gasteiger charge is 2.13. The van der Waals surface area contributed by atoms with Crippen molar-refractivity contribution in [3.05, 3.63) is 63.1 Å². The second-order valence-electron chi connectivity index (χ2n) is 5.68. The zero-order chi connectivity index (χ0) is 18.7. The third kappa shape index (κ3) is 4.36. The van der Waals surface area contributed by atoms with Crippen molar-refractivity contribution >= 4 is 46.1 Å². The number of halogens is 2. The van der Waals surface area contributed by atoms with Crippen LogP contribution in [0.25, 0.3) is 10.6 Å². The van der Waals surface area contributed by atoms with Crippen molar-refractivity contribution in [1.29, 1.82) is 0 Å². The predicted octanol–water partition coefficient (Wildman–Crippen LogP) is 5.62. The van der Waals surface area contributed by atoms with Gasteiger partial charge in [-0.1, -0.05) is 35.3 Å². The summed E-state index contributed by atoms with van der Waals surface area (Å²) in [6, 6.07) is 10.9. The van der Waals surface area contributed by atoms with Gasteiger partial charge in [0.15, 0.2) is 0 Å². The standard InChI is InChI=1S/C19H16Cl2N2O2S/c1-11-7-16(17(25-2)9-15(11)21)23-18(24)8-14-10-26-19(22-14)12-3-5-13(20)6-4-12/h3-7,9-10H,8H2,1-2H3,(H,23,24). The lowest BCUT2D eigenvalue weighted by molar-refractivity contribution is -0.115. The van der Waals surface area contributed by atoms with Gasteiger partial charge in [-0.3, -0.25) is 4.79 Å². The van der Waals surface area contributed by atoms with Gasteiger partial charge in [-0.25, -0.2) is 4.98 Å². The normalized spacial score (nSPS) is 10.6. The molecule has 0 saturated heterocycles. The second-order valence-corrected chi connectivity index (χ2v) is 7.38. The highest BCUT2D eigenvalue weighted by Crippen LogP contribution is 2.31. The molecule has 1 heterocycles. The average molecular weight is 407 g/mol. The van der Waals surface area contributed by atoms with Gasteiger partial charge in [0.05, 0.1) is 24.9 Å². The van der Waals surface area contributed by atoms with Crippen LogP contribution in [0.5, 0.6) is 5.75 Å². The smallest absolute Gasteiger partial charge is 0.230 e. The van der Waals surface area contributed by atoms with Crippen LogP contribution < -0.4 is 10.1 Å². The van der Waals surface area contributed by atoms with E-state index in [1.807, 2.05) is 36.6 Å². The maximum atomic E-state index is 12.4. The van der Waals surface area contributed by atoms with Crippen LogP contribution in [-0.2, 0) is 11.2 Å². The van der Waals surface area contributed by atoms with Crippen LogP contribution in [0.3, 0.4) is 0 Å². The maximum absolute atomic E-state index is 12.4. The van der Waals surface area contributed by atoms with E-state index in [1.165, 1.54) is 18.4 Å². The van der Waals surface area contributed by atoms with E-state index in [9.17, 15) is 4.79 Å². The number of nitrogens with one attached hydrogen (secondary N) is 1. The molecule has 4 nitrogen and oxygen atoms in total. The summed E-state index contributed by atoms with van der Waals surface area (Å²) in [5, 5.41) is 6.86. The monoisotopic (exact) mass is 406 g/mol. The molecule has 3 rings (SSSR count). The Morgan fingerprint density at radius 3 is 2.65 bits per heavy atom. The summed E-state index contributed by atoms with van der Waals surface area (Å²) in [5.41, 5.74) is 3.14. The largest absolute Gasteiger partial charge is 0.495 e. The van der Waals surface area contributed by atoms with Crippen molar-refractivity contribution < 1.29 is 9.53 Å². The van der Waals surface area contributed by atoms with Crippen molar-refractivity contribution in [3.8, 4) is 16.3 Å². The van der Waals surface area contributed by atoms with Gasteiger partial charge in [0, 0.05) is 27.1 Å². The third-order valence-corrected chi connectivity index (χ3v) is 5.34. The average Bonchev–Trinajstić information content (AvgIpc) is 3.06. The fraction of sp³-hybridized carbons (Fsp3) is 0.158. The summed E-state index contributed by atoms with van der Waals surface area (Å²) in [7, 11) is 1.54. The lowest BCUT2D eigenvalue weighted by atomic mass is 10.2. The molecule has 1 amide bonds. The molecule has 2 aromatic carbocycles. The van der Waals surface area contributed by atoms with E-state index in [0.29, 0.717) is 27.2 Å². The zero-order valence-electron chi connectivity index (χ0n) is 14.2. The van der Waals surface area contributed by atoms with Gasteiger partial charge in [-0.05, 0) is 30.7 Å². The van der Waals surface area contributed by atoms with E-state index < -0.39 is 0 Å². The van der Waals surface area contributed by atoms with Gasteiger partial charge < -0.3 is 10.1 Å². The van der Waals surface area contributed by atoms with Crippen LogP contribution in [0.2, 0.25) is 10.0 Å². The summed E-state index contributed by atoms with van der Waals surface area (Å²) in [6.45, 7) is 1.87. The zero-order valence-corrected chi connectivity index (χ0v) is 16.5. The number of aryl methyl sites for hydroxylation is 1. The summed E-state index contributed by atoms with van der Waals surface area (Å²) >= 11 is 13.5. The molecule has 0 spiro atoms. The minimum absolute atomic E-state index is 0.169. The summed E-state index contributed by atoms with van der Waals surface area (Å²) < 4.78 is 5.28. The molecule has 0 unspecified atom stereocenters. The number of methoxy groups -OCH3 is 1. The van der Waals surface area contributed by atoms with Crippen LogP contribution in [-0.4, -0.2) is 18.0 Å². The van der Waals surface area contributed by atoms with Gasteiger partial charge in [0.2, 0.25) is 5.91 Å². The molecule has 0 saturated carbocycles. The van der Waals surface area contributed by atoms with Crippen LogP contribution in [0.15, 0.2) is 41.8 Å². The lowest BCUT2D eigenvalue weighted by Crippen LogP contribution is -2.15. The van der Waals surface area contributed by atoms with Crippen LogP contribution in [0, 0.1) is 6.92 Å². The highest BCUT2D eigenvalue weighted by atomic mass is 35.5. The summed E-state index contributed by atoms with van der Waals surface area (Å²) in [5.74, 6) is 0.354. The number of nitrogens with zero attached hydrogens (tertiary/aromatic N) is 1. The van der Waals surface area contributed by atoms with E-state index in [-0.39, 0.29) is 12.3 Å². The second kappa shape index (κ2) is 8.08. The van der Waals surface area contributed by atoms with Gasteiger partial charge >= 0.3 is 0 Å². The quantitative estimate of drug-likeness (QED) is 0.598. The Kier molecular flexibility index (Phi) is 5.81. The van der Waals surface area contributed by atoms with Gasteiger partial charge in [-0.2, -0.15) is 0 Å². The number of thiazole rings is 1. The summed E-state index contributed by atoms with van der Waals surface area (Å²) in [6.07, 6.45) is 0.176. The molecule has 7 heteroatoms. The number of ether oxygens (including phenoxy) is 1. The highest BCUT2D eigenvalue weighted by molar-refractivity contribution is 7.13. The predicted molar refractivity (Wildman–Crippen MR) is 108 cm³/mol. The number of carbonyl (C=O) groups excluding carboxylic acids is 1. The molecule has 0 atom stereocenters. The minimum atomic E-state index is -0.169. The number of benzene rings is 2. The molecule has 0 aliphatic carbocycles. The van der Waals surface area contributed by atoms with E-state index in [2.05, 4.69) is 10.3 Å². The Bertz CT molecular complexity index is 939. The van der Waals surface area contributed by atoms with E-state index in [0.717, 1.165) is 16.1 Å². The first-order valence-corrected chi connectivity index (χ1v) is 9.44. The van der Waals surface area contributed by atoms with E-state index >= 15 is 0 Å². The molecule has 1 N–H and O–H groups in total. The number of amides is 1. The van der Waals surface area contributed by atoms with E-state index in [1.54, 1.807) is 12.1 Å². The first-order chi connectivity index (χ1) is 12.5. The first-order valence-electron chi connectivity index (χ1n) is 7.80. The Balaban J connectivity index is 1.71. The molecule has 26 heavy (non-hydrogen) atoms. The van der Waals surface area contributed by atoms with Crippen LogP contribution in [0.4, 0.5) is 5.69 Å². The van der Waals surface area contributed by atoms with Crippen molar-refractivity contribution in [2.24, 2.45) is 0 Å². The van der Waals surface area contributed by atoms with Crippen molar-refractivity contribution in [2.45, 2.75) is 13.3 Å². The molecule has 1 aromatic heterocycles. The third-order valence-electron chi connectivity index (χ3n) is 3.74. The van der Waals surface area contributed by atoms with Crippen molar-refractivity contribution in [1.82, 2.24) is 4.98 Å². The number of hydrogen-bond donors (Lipinski definition) is 1. The molecule has 0 radical (unpaired) electrons. The molecule has 0 fully saturated rings. The van der Waals surface area contributed by atoms with E-state index in [4.69, 9.17) is 27.9 Å².